The van der Waals surface area contributed by atoms with Crippen LogP contribution in [0.5, 0.6) is 0 Å². The molecule has 0 unspecified atom stereocenters. The highest BCUT2D eigenvalue weighted by atomic mass is 32.2. The lowest BCUT2D eigenvalue weighted by Crippen LogP contribution is -2.44. The van der Waals surface area contributed by atoms with Gasteiger partial charge in [0.15, 0.2) is 0 Å². The summed E-state index contributed by atoms with van der Waals surface area (Å²) in [6, 6.07) is 1.67. The summed E-state index contributed by atoms with van der Waals surface area (Å²) in [6.45, 7) is 9.07. The van der Waals surface area contributed by atoms with Crippen molar-refractivity contribution >= 4 is 10.0 Å². The Hall–Kier alpha value is -0.850. The Morgan fingerprint density at radius 3 is 2.35 bits per heavy atom. The second-order valence-corrected chi connectivity index (χ2v) is 7.12. The van der Waals surface area contributed by atoms with Gasteiger partial charge in [-0.3, -0.25) is 0 Å². The van der Waals surface area contributed by atoms with Crippen LogP contribution < -0.4 is 10.5 Å². The van der Waals surface area contributed by atoms with Gasteiger partial charge >= 0.3 is 0 Å². The number of nitrogens with one attached hydrogen (secondary N) is 1. The molecule has 0 saturated carbocycles. The molecule has 0 aliphatic carbocycles. The number of hydrogen-bond acceptors (Lipinski definition) is 3. The first-order chi connectivity index (χ1) is 9.31. The van der Waals surface area contributed by atoms with Crippen molar-refractivity contribution in [2.75, 3.05) is 0 Å². The quantitative estimate of drug-likeness (QED) is 0.773. The topological polar surface area (TPSA) is 77.1 Å². The first kappa shape index (κ1) is 17.2. The lowest BCUT2D eigenvalue weighted by molar-refractivity contribution is 0.388. The second kappa shape index (κ2) is 6.74. The third-order valence-corrected chi connectivity index (χ3v) is 5.49. The number of nitrogens with two attached hydrogens (primary N) is 1. The van der Waals surface area contributed by atoms with Gasteiger partial charge in [0.05, 0.1) is 4.90 Å². The molecule has 0 radical (unpaired) electrons. The van der Waals surface area contributed by atoms with Crippen LogP contribution in [0.25, 0.3) is 0 Å². The van der Waals surface area contributed by atoms with Crippen LogP contribution >= 0.6 is 0 Å². The fourth-order valence-corrected chi connectivity index (χ4v) is 3.68. The monoisotopic (exact) mass is 301 g/mol. The first-order valence-corrected chi connectivity index (χ1v) is 8.73. The molecule has 5 nitrogen and oxygen atoms in total. The molecular weight excluding hydrogens is 274 g/mol. The summed E-state index contributed by atoms with van der Waals surface area (Å²) in [5, 5.41) is 0. The molecule has 3 N–H and O–H groups in total. The molecule has 0 saturated heterocycles. The predicted octanol–water partition coefficient (Wildman–Crippen LogP) is 2.21. The molecule has 1 heterocycles. The zero-order chi connectivity index (χ0) is 15.4. The SMILES string of the molecule is CCCn1cc(S(=O)(=O)NC(C)(CC)CC)cc1CN. The maximum absolute atomic E-state index is 12.5. The number of rotatable bonds is 8. The Morgan fingerprint density at radius 1 is 1.30 bits per heavy atom. The molecule has 0 amide bonds. The van der Waals surface area contributed by atoms with Gasteiger partial charge in [-0.2, -0.15) is 0 Å². The lowest BCUT2D eigenvalue weighted by Gasteiger charge is -2.27. The number of aromatic nitrogens is 1. The van der Waals surface area contributed by atoms with Crippen LogP contribution in [-0.2, 0) is 23.1 Å². The number of nitrogens with zero attached hydrogens (tertiary/aromatic N) is 1. The van der Waals surface area contributed by atoms with E-state index >= 15 is 0 Å². The number of hydrogen-bond donors (Lipinski definition) is 2. The van der Waals surface area contributed by atoms with Gasteiger partial charge in [0.25, 0.3) is 0 Å². The Labute approximate surface area is 122 Å². The van der Waals surface area contributed by atoms with Crippen LogP contribution in [0.2, 0.25) is 0 Å². The van der Waals surface area contributed by atoms with Crippen molar-refractivity contribution < 1.29 is 8.42 Å². The Balaban J connectivity index is 3.10. The van der Waals surface area contributed by atoms with E-state index in [2.05, 4.69) is 11.6 Å². The van der Waals surface area contributed by atoms with Crippen LogP contribution in [0.15, 0.2) is 17.2 Å². The summed E-state index contributed by atoms with van der Waals surface area (Å²) in [5.41, 5.74) is 6.12. The van der Waals surface area contributed by atoms with Crippen LogP contribution in [-0.4, -0.2) is 18.5 Å². The molecule has 0 aliphatic rings. The van der Waals surface area contributed by atoms with Crippen LogP contribution in [0.4, 0.5) is 0 Å². The van der Waals surface area contributed by atoms with E-state index in [1.54, 1.807) is 12.3 Å². The molecule has 0 spiro atoms. The zero-order valence-electron chi connectivity index (χ0n) is 12.9. The second-order valence-electron chi connectivity index (χ2n) is 5.44. The predicted molar refractivity (Wildman–Crippen MR) is 81.9 cm³/mol. The van der Waals surface area contributed by atoms with Gasteiger partial charge in [-0.05, 0) is 32.3 Å². The summed E-state index contributed by atoms with van der Waals surface area (Å²) in [5.74, 6) is 0. The summed E-state index contributed by atoms with van der Waals surface area (Å²) in [6.07, 6.45) is 4.13. The van der Waals surface area contributed by atoms with Crippen molar-refractivity contribution in [1.29, 1.82) is 0 Å². The van der Waals surface area contributed by atoms with Gasteiger partial charge < -0.3 is 10.3 Å². The highest BCUT2D eigenvalue weighted by Crippen LogP contribution is 2.21. The van der Waals surface area contributed by atoms with Crippen molar-refractivity contribution in [3.63, 3.8) is 0 Å². The van der Waals surface area contributed by atoms with Gasteiger partial charge in [-0.25, -0.2) is 13.1 Å². The molecule has 1 aromatic rings. The zero-order valence-corrected chi connectivity index (χ0v) is 13.8. The molecule has 6 heteroatoms. The van der Waals surface area contributed by atoms with E-state index in [1.165, 1.54) is 0 Å². The van der Waals surface area contributed by atoms with E-state index in [0.29, 0.717) is 11.4 Å². The molecule has 20 heavy (non-hydrogen) atoms. The van der Waals surface area contributed by atoms with Crippen molar-refractivity contribution in [2.45, 2.75) is 70.5 Å². The minimum absolute atomic E-state index is 0.305. The Kier molecular flexibility index (Phi) is 5.79. The summed E-state index contributed by atoms with van der Waals surface area (Å²) in [4.78, 5) is 0.305. The third-order valence-electron chi connectivity index (χ3n) is 3.89. The molecule has 0 aliphatic heterocycles. The van der Waals surface area contributed by atoms with Gasteiger partial charge in [0.1, 0.15) is 0 Å². The molecule has 1 aromatic heterocycles. The van der Waals surface area contributed by atoms with Crippen molar-refractivity contribution in [1.82, 2.24) is 9.29 Å². The molecule has 0 fully saturated rings. The van der Waals surface area contributed by atoms with Crippen molar-refractivity contribution in [2.24, 2.45) is 5.73 Å². The molecule has 116 valence electrons. The Morgan fingerprint density at radius 2 is 1.90 bits per heavy atom. The normalized spacial score (nSPS) is 12.8. The standard InChI is InChI=1S/C14H27N3O2S/c1-5-8-17-11-13(9-12(17)10-15)20(18,19)16-14(4,6-2)7-3/h9,11,16H,5-8,10,15H2,1-4H3. The van der Waals surface area contributed by atoms with E-state index in [9.17, 15) is 8.42 Å². The molecule has 1 rings (SSSR count). The average molecular weight is 301 g/mol. The van der Waals surface area contributed by atoms with E-state index in [1.807, 2.05) is 25.3 Å². The van der Waals surface area contributed by atoms with Gasteiger partial charge in [0.2, 0.25) is 10.0 Å². The fourth-order valence-electron chi connectivity index (χ4n) is 2.07. The summed E-state index contributed by atoms with van der Waals surface area (Å²) < 4.78 is 29.7. The smallest absolute Gasteiger partial charge is 0.242 e. The summed E-state index contributed by atoms with van der Waals surface area (Å²) in [7, 11) is -3.50. The fraction of sp³-hybridized carbons (Fsp3) is 0.714. The van der Waals surface area contributed by atoms with Crippen molar-refractivity contribution in [3.8, 4) is 0 Å². The van der Waals surface area contributed by atoms with E-state index in [-0.39, 0.29) is 0 Å². The van der Waals surface area contributed by atoms with Gasteiger partial charge in [0, 0.05) is 30.5 Å². The highest BCUT2D eigenvalue weighted by molar-refractivity contribution is 7.89. The lowest BCUT2D eigenvalue weighted by atomic mass is 9.98. The molecule has 0 bridgehead atoms. The van der Waals surface area contributed by atoms with Gasteiger partial charge in [-0.1, -0.05) is 20.8 Å². The first-order valence-electron chi connectivity index (χ1n) is 7.25. The van der Waals surface area contributed by atoms with Crippen LogP contribution in [0, 0.1) is 0 Å². The Bertz CT molecular complexity index is 531. The minimum Gasteiger partial charge on any atom is -0.349 e. The maximum atomic E-state index is 12.5. The average Bonchev–Trinajstić information content (AvgIpc) is 2.82. The van der Waals surface area contributed by atoms with E-state index in [0.717, 1.165) is 31.5 Å². The maximum Gasteiger partial charge on any atom is 0.242 e. The number of aryl methyl sites for hydroxylation is 1. The van der Waals surface area contributed by atoms with Gasteiger partial charge in [-0.15, -0.1) is 0 Å². The van der Waals surface area contributed by atoms with Crippen molar-refractivity contribution in [3.05, 3.63) is 18.0 Å². The largest absolute Gasteiger partial charge is 0.349 e. The molecule has 0 atom stereocenters. The van der Waals surface area contributed by atoms with E-state index in [4.69, 9.17) is 5.73 Å². The van der Waals surface area contributed by atoms with E-state index < -0.39 is 15.6 Å². The van der Waals surface area contributed by atoms with Crippen LogP contribution in [0.3, 0.4) is 0 Å². The molecule has 0 aromatic carbocycles. The third kappa shape index (κ3) is 3.84. The summed E-state index contributed by atoms with van der Waals surface area (Å²) >= 11 is 0. The number of sulfonamides is 1. The minimum atomic E-state index is -3.50. The van der Waals surface area contributed by atoms with Crippen LogP contribution in [0.1, 0.15) is 52.7 Å². The highest BCUT2D eigenvalue weighted by Gasteiger charge is 2.28. The molecular formula is C14H27N3O2S.